The summed E-state index contributed by atoms with van der Waals surface area (Å²) in [5, 5.41) is 11.6. The van der Waals surface area contributed by atoms with Gasteiger partial charge in [-0.25, -0.2) is 4.79 Å². The normalized spacial score (nSPS) is 26.4. The largest absolute Gasteiger partial charge is 0.393 e. The molecule has 0 spiro atoms. The molecule has 0 bridgehead atoms. The van der Waals surface area contributed by atoms with Gasteiger partial charge in [0.1, 0.15) is 0 Å². The second-order valence-corrected chi connectivity index (χ2v) is 7.10. The van der Waals surface area contributed by atoms with Crippen LogP contribution in [0.2, 0.25) is 0 Å². The van der Waals surface area contributed by atoms with Crippen molar-refractivity contribution in [2.75, 3.05) is 19.6 Å². The van der Waals surface area contributed by atoms with Gasteiger partial charge in [-0.3, -0.25) is 4.89 Å². The van der Waals surface area contributed by atoms with E-state index in [0.29, 0.717) is 19.3 Å². The van der Waals surface area contributed by atoms with Crippen LogP contribution in [-0.4, -0.2) is 57.9 Å². The number of carbonyl (C=O) groups excluding carboxylic acids is 1. The van der Waals surface area contributed by atoms with Crippen molar-refractivity contribution in [2.24, 2.45) is 0 Å². The average Bonchev–Trinajstić information content (AvgIpc) is 3.05. The Morgan fingerprint density at radius 3 is 2.25 bits per heavy atom. The zero-order chi connectivity index (χ0) is 15.0. The van der Waals surface area contributed by atoms with Gasteiger partial charge in [-0.1, -0.05) is 4.99 Å². The van der Waals surface area contributed by atoms with Gasteiger partial charge in [-0.05, 0) is 40.5 Å². The van der Waals surface area contributed by atoms with Crippen molar-refractivity contribution in [2.45, 2.75) is 64.1 Å². The highest BCUT2D eigenvalue weighted by molar-refractivity contribution is 5.68. The molecule has 2 saturated heterocycles. The number of carbonyl (C=O) groups is 1. The van der Waals surface area contributed by atoms with Gasteiger partial charge in [0.15, 0.2) is 0 Å². The lowest BCUT2D eigenvalue weighted by Crippen LogP contribution is -2.61. The van der Waals surface area contributed by atoms with Gasteiger partial charge in [0.2, 0.25) is 0 Å². The summed E-state index contributed by atoms with van der Waals surface area (Å²) in [6.07, 6.45) is 1.15. The minimum atomic E-state index is -0.387. The van der Waals surface area contributed by atoms with E-state index in [0.717, 1.165) is 19.6 Å². The van der Waals surface area contributed by atoms with Crippen molar-refractivity contribution < 1.29 is 19.8 Å². The van der Waals surface area contributed by atoms with Gasteiger partial charge >= 0.3 is 5.97 Å². The lowest BCUT2D eigenvalue weighted by Gasteiger charge is -2.50. The molecule has 0 aromatic carbocycles. The van der Waals surface area contributed by atoms with Crippen LogP contribution in [0.4, 0.5) is 0 Å². The van der Waals surface area contributed by atoms with Crippen LogP contribution >= 0.6 is 0 Å². The summed E-state index contributed by atoms with van der Waals surface area (Å²) in [5.41, 5.74) is -0.775. The van der Waals surface area contributed by atoms with Crippen molar-refractivity contribution in [1.82, 2.24) is 9.96 Å². The summed E-state index contributed by atoms with van der Waals surface area (Å²) in [4.78, 5) is 24.1. The number of nitrogens with zero attached hydrogens (tertiary/aromatic N) is 2. The van der Waals surface area contributed by atoms with Gasteiger partial charge in [0.25, 0.3) is 0 Å². The molecule has 2 fully saturated rings. The van der Waals surface area contributed by atoms with E-state index in [1.165, 1.54) is 0 Å². The maximum Gasteiger partial charge on any atom is 0.345 e. The predicted molar refractivity (Wildman–Crippen MR) is 73.5 cm³/mol. The molecule has 0 aromatic rings. The molecule has 0 unspecified atom stereocenters. The number of aliphatic hydroxyl groups is 1. The Bertz CT molecular complexity index is 348. The molecule has 116 valence electrons. The fraction of sp³-hybridized carbons (Fsp3) is 0.929. The summed E-state index contributed by atoms with van der Waals surface area (Å²) in [6, 6.07) is 0. The quantitative estimate of drug-likeness (QED) is 0.464. The maximum atomic E-state index is 11.7. The van der Waals surface area contributed by atoms with Gasteiger partial charge < -0.3 is 10.0 Å². The number of hydrogen-bond acceptors (Lipinski definition) is 6. The Kier molecular flexibility index (Phi) is 4.39. The predicted octanol–water partition coefficient (Wildman–Crippen LogP) is 1.10. The van der Waals surface area contributed by atoms with E-state index < -0.39 is 0 Å². The van der Waals surface area contributed by atoms with E-state index in [9.17, 15) is 9.90 Å². The van der Waals surface area contributed by atoms with Crippen LogP contribution in [0, 0.1) is 0 Å². The molecule has 0 aliphatic carbocycles. The molecule has 2 aliphatic rings. The summed E-state index contributed by atoms with van der Waals surface area (Å²) >= 11 is 0. The van der Waals surface area contributed by atoms with E-state index in [1.54, 1.807) is 5.06 Å². The number of piperidine rings is 1. The van der Waals surface area contributed by atoms with E-state index in [1.807, 2.05) is 27.7 Å². The molecule has 2 rings (SSSR count). The molecule has 6 heteroatoms. The lowest BCUT2D eigenvalue weighted by atomic mass is 9.80. The molecule has 0 atom stereocenters. The van der Waals surface area contributed by atoms with Crippen molar-refractivity contribution >= 4 is 5.97 Å². The zero-order valence-corrected chi connectivity index (χ0v) is 12.9. The summed E-state index contributed by atoms with van der Waals surface area (Å²) in [6.45, 7) is 10.8. The second kappa shape index (κ2) is 5.60. The number of hydroxylamine groups is 2. The minimum Gasteiger partial charge on any atom is -0.393 e. The molecule has 6 nitrogen and oxygen atoms in total. The van der Waals surface area contributed by atoms with Crippen LogP contribution in [-0.2, 0) is 14.7 Å². The Labute approximate surface area is 120 Å². The molecule has 2 heterocycles. The maximum absolute atomic E-state index is 11.7. The van der Waals surface area contributed by atoms with Crippen molar-refractivity contribution in [1.29, 1.82) is 0 Å². The average molecular weight is 286 g/mol. The Morgan fingerprint density at radius 2 is 1.75 bits per heavy atom. The third-order valence-corrected chi connectivity index (χ3v) is 3.95. The standard InChI is InChI=1S/C14H26N2O4/c1-13(2)9-11(17)10-14(3,4)16(13)20-19-12(18)5-6-15-7-8-15/h11,17H,5-10H2,1-4H3. The third kappa shape index (κ3) is 3.91. The van der Waals surface area contributed by atoms with E-state index in [4.69, 9.17) is 9.88 Å². The van der Waals surface area contributed by atoms with Crippen LogP contribution in [0.25, 0.3) is 0 Å². The molecule has 0 radical (unpaired) electrons. The molecule has 2 aliphatic heterocycles. The molecular formula is C14H26N2O4. The van der Waals surface area contributed by atoms with Gasteiger partial charge in [0.05, 0.1) is 12.5 Å². The number of rotatable bonds is 5. The number of hydrogen-bond donors (Lipinski definition) is 1. The van der Waals surface area contributed by atoms with Crippen LogP contribution in [0.15, 0.2) is 0 Å². The summed E-state index contributed by atoms with van der Waals surface area (Å²) < 4.78 is 0. The van der Waals surface area contributed by atoms with Crippen LogP contribution in [0.3, 0.4) is 0 Å². The zero-order valence-electron chi connectivity index (χ0n) is 12.9. The molecular weight excluding hydrogens is 260 g/mol. The van der Waals surface area contributed by atoms with Crippen LogP contribution in [0.5, 0.6) is 0 Å². The molecule has 1 N–H and O–H groups in total. The van der Waals surface area contributed by atoms with Gasteiger partial charge in [-0.2, -0.15) is 0 Å². The Morgan fingerprint density at radius 1 is 1.20 bits per heavy atom. The highest BCUT2D eigenvalue weighted by Crippen LogP contribution is 2.38. The molecule has 20 heavy (non-hydrogen) atoms. The van der Waals surface area contributed by atoms with Crippen LogP contribution in [0.1, 0.15) is 47.0 Å². The summed E-state index contributed by atoms with van der Waals surface area (Å²) in [5.74, 6) is -0.352. The first-order valence-electron chi connectivity index (χ1n) is 7.29. The van der Waals surface area contributed by atoms with E-state index in [-0.39, 0.29) is 23.2 Å². The van der Waals surface area contributed by atoms with Crippen molar-refractivity contribution in [3.63, 3.8) is 0 Å². The first-order valence-corrected chi connectivity index (χ1v) is 7.29. The Balaban J connectivity index is 1.86. The monoisotopic (exact) mass is 286 g/mol. The van der Waals surface area contributed by atoms with E-state index in [2.05, 4.69) is 4.90 Å². The highest BCUT2D eigenvalue weighted by atomic mass is 17.3. The number of aliphatic hydroxyl groups excluding tert-OH is 1. The SMILES string of the molecule is CC1(C)CC(O)CC(C)(C)N1OOC(=O)CCN1CC1. The lowest BCUT2D eigenvalue weighted by molar-refractivity contribution is -0.453. The van der Waals surface area contributed by atoms with Gasteiger partial charge in [0, 0.05) is 30.7 Å². The van der Waals surface area contributed by atoms with Crippen molar-refractivity contribution in [3.8, 4) is 0 Å². The van der Waals surface area contributed by atoms with Crippen molar-refractivity contribution in [3.05, 3.63) is 0 Å². The smallest absolute Gasteiger partial charge is 0.345 e. The Hall–Kier alpha value is -0.690. The molecule has 0 aromatic heterocycles. The molecule has 0 saturated carbocycles. The first-order chi connectivity index (χ1) is 9.21. The molecule has 0 amide bonds. The minimum absolute atomic E-state index is 0.345. The fourth-order valence-corrected chi connectivity index (χ4v) is 3.08. The first kappa shape index (κ1) is 15.7. The summed E-state index contributed by atoms with van der Waals surface area (Å²) in [7, 11) is 0. The second-order valence-electron chi connectivity index (χ2n) is 7.10. The highest BCUT2D eigenvalue weighted by Gasteiger charge is 2.47. The van der Waals surface area contributed by atoms with E-state index >= 15 is 0 Å². The topological polar surface area (TPSA) is 62.0 Å². The fourth-order valence-electron chi connectivity index (χ4n) is 3.08. The van der Waals surface area contributed by atoms with Crippen LogP contribution < -0.4 is 0 Å². The van der Waals surface area contributed by atoms with Gasteiger partial charge in [-0.15, -0.1) is 5.06 Å². The third-order valence-electron chi connectivity index (χ3n) is 3.95.